The first-order chi connectivity index (χ1) is 11.5. The molecule has 0 aliphatic carbocycles. The SMILES string of the molecule is O=C1OCCN1Cc1cccc(NS(=O)(=O)c2ccccc2Cl)c1. The number of sulfonamides is 1. The van der Waals surface area contributed by atoms with Crippen LogP contribution in [0, 0.1) is 0 Å². The molecule has 0 radical (unpaired) electrons. The predicted octanol–water partition coefficient (Wildman–Crippen LogP) is 3.09. The summed E-state index contributed by atoms with van der Waals surface area (Å²) < 4.78 is 32.3. The number of cyclic esters (lactones) is 1. The van der Waals surface area contributed by atoms with Gasteiger partial charge in [0.2, 0.25) is 0 Å². The highest BCUT2D eigenvalue weighted by molar-refractivity contribution is 7.92. The van der Waals surface area contributed by atoms with Gasteiger partial charge in [0.25, 0.3) is 10.0 Å². The molecule has 126 valence electrons. The van der Waals surface area contributed by atoms with Gasteiger partial charge in [0.05, 0.1) is 11.6 Å². The van der Waals surface area contributed by atoms with Crippen LogP contribution in [0.1, 0.15) is 5.56 Å². The maximum atomic E-state index is 12.5. The zero-order valence-corrected chi connectivity index (χ0v) is 14.2. The summed E-state index contributed by atoms with van der Waals surface area (Å²) in [6, 6.07) is 13.1. The molecule has 1 heterocycles. The van der Waals surface area contributed by atoms with Crippen LogP contribution in [0.3, 0.4) is 0 Å². The van der Waals surface area contributed by atoms with Crippen molar-refractivity contribution < 1.29 is 17.9 Å². The molecule has 24 heavy (non-hydrogen) atoms. The molecule has 1 fully saturated rings. The molecular formula is C16H15ClN2O4S. The second-order valence-corrected chi connectivity index (χ2v) is 7.33. The summed E-state index contributed by atoms with van der Waals surface area (Å²) in [7, 11) is -3.79. The third-order valence-electron chi connectivity index (χ3n) is 3.52. The number of hydrogen-bond acceptors (Lipinski definition) is 4. The Kier molecular flexibility index (Phi) is 4.64. The normalized spacial score (nSPS) is 14.5. The molecule has 1 aliphatic heterocycles. The smallest absolute Gasteiger partial charge is 0.410 e. The summed E-state index contributed by atoms with van der Waals surface area (Å²) in [5.41, 5.74) is 1.20. The fourth-order valence-corrected chi connectivity index (χ4v) is 3.97. The number of carbonyl (C=O) groups is 1. The van der Waals surface area contributed by atoms with Crippen LogP contribution < -0.4 is 4.72 Å². The van der Waals surface area contributed by atoms with Gasteiger partial charge in [0, 0.05) is 12.2 Å². The first-order valence-electron chi connectivity index (χ1n) is 7.24. The van der Waals surface area contributed by atoms with Crippen molar-refractivity contribution in [3.05, 3.63) is 59.1 Å². The van der Waals surface area contributed by atoms with Gasteiger partial charge in [0.15, 0.2) is 0 Å². The van der Waals surface area contributed by atoms with E-state index in [-0.39, 0.29) is 16.0 Å². The van der Waals surface area contributed by atoms with Gasteiger partial charge in [-0.15, -0.1) is 0 Å². The van der Waals surface area contributed by atoms with Gasteiger partial charge in [-0.2, -0.15) is 0 Å². The average molecular weight is 367 g/mol. The summed E-state index contributed by atoms with van der Waals surface area (Å²) in [4.78, 5) is 13.1. The van der Waals surface area contributed by atoms with E-state index >= 15 is 0 Å². The predicted molar refractivity (Wildman–Crippen MR) is 90.5 cm³/mol. The Balaban J connectivity index is 1.79. The Morgan fingerprint density at radius 1 is 1.17 bits per heavy atom. The van der Waals surface area contributed by atoms with Crippen molar-refractivity contribution in [2.24, 2.45) is 0 Å². The topological polar surface area (TPSA) is 75.7 Å². The molecular weight excluding hydrogens is 352 g/mol. The molecule has 0 atom stereocenters. The lowest BCUT2D eigenvalue weighted by atomic mass is 10.2. The van der Waals surface area contributed by atoms with Gasteiger partial charge >= 0.3 is 6.09 Å². The van der Waals surface area contributed by atoms with Crippen molar-refractivity contribution in [1.29, 1.82) is 0 Å². The lowest BCUT2D eigenvalue weighted by Crippen LogP contribution is -2.23. The van der Waals surface area contributed by atoms with Crippen molar-refractivity contribution >= 4 is 33.4 Å². The Bertz CT molecular complexity index is 870. The number of carbonyl (C=O) groups excluding carboxylic acids is 1. The molecule has 0 unspecified atom stereocenters. The molecule has 0 aromatic heterocycles. The van der Waals surface area contributed by atoms with E-state index in [0.717, 1.165) is 5.56 Å². The van der Waals surface area contributed by atoms with E-state index in [9.17, 15) is 13.2 Å². The zero-order chi connectivity index (χ0) is 17.2. The number of nitrogens with one attached hydrogen (secondary N) is 1. The average Bonchev–Trinajstić information content (AvgIpc) is 2.92. The van der Waals surface area contributed by atoms with Gasteiger partial charge in [-0.1, -0.05) is 35.9 Å². The largest absolute Gasteiger partial charge is 0.448 e. The number of benzene rings is 2. The van der Waals surface area contributed by atoms with Crippen LogP contribution in [0.2, 0.25) is 5.02 Å². The number of halogens is 1. The Morgan fingerprint density at radius 2 is 1.96 bits per heavy atom. The number of ether oxygens (including phenoxy) is 1. The molecule has 0 bridgehead atoms. The summed E-state index contributed by atoms with van der Waals surface area (Å²) in [6.07, 6.45) is -0.364. The number of hydrogen-bond donors (Lipinski definition) is 1. The molecule has 1 amide bonds. The van der Waals surface area contributed by atoms with Crippen LogP contribution in [-0.4, -0.2) is 32.6 Å². The second-order valence-electron chi connectivity index (χ2n) is 5.27. The molecule has 2 aromatic carbocycles. The zero-order valence-electron chi connectivity index (χ0n) is 12.6. The lowest BCUT2D eigenvalue weighted by Gasteiger charge is -2.14. The molecule has 0 spiro atoms. The van der Waals surface area contributed by atoms with Crippen molar-refractivity contribution in [1.82, 2.24) is 4.90 Å². The van der Waals surface area contributed by atoms with Gasteiger partial charge in [0.1, 0.15) is 11.5 Å². The summed E-state index contributed by atoms with van der Waals surface area (Å²) >= 11 is 5.96. The molecule has 8 heteroatoms. The summed E-state index contributed by atoms with van der Waals surface area (Å²) in [6.45, 7) is 1.26. The Morgan fingerprint density at radius 3 is 2.67 bits per heavy atom. The van der Waals surface area contributed by atoms with Crippen molar-refractivity contribution in [2.75, 3.05) is 17.9 Å². The first kappa shape index (κ1) is 16.6. The van der Waals surface area contributed by atoms with Crippen LogP contribution in [0.5, 0.6) is 0 Å². The third-order valence-corrected chi connectivity index (χ3v) is 5.40. The molecule has 1 saturated heterocycles. The van der Waals surface area contributed by atoms with Crippen LogP contribution >= 0.6 is 11.6 Å². The number of rotatable bonds is 5. The summed E-state index contributed by atoms with van der Waals surface area (Å²) in [5, 5.41) is 0.154. The van der Waals surface area contributed by atoms with Crippen LogP contribution in [0.25, 0.3) is 0 Å². The van der Waals surface area contributed by atoms with Crippen LogP contribution in [0.15, 0.2) is 53.4 Å². The maximum Gasteiger partial charge on any atom is 0.410 e. The molecule has 3 rings (SSSR count). The van der Waals surface area contributed by atoms with E-state index in [1.54, 1.807) is 35.2 Å². The van der Waals surface area contributed by atoms with Gasteiger partial charge in [-0.3, -0.25) is 4.72 Å². The Hall–Kier alpha value is -2.25. The highest BCUT2D eigenvalue weighted by Gasteiger charge is 2.22. The summed E-state index contributed by atoms with van der Waals surface area (Å²) in [5.74, 6) is 0. The third kappa shape index (κ3) is 3.63. The fraction of sp³-hybridized carbons (Fsp3) is 0.188. The molecule has 1 aliphatic rings. The monoisotopic (exact) mass is 366 g/mol. The van der Waals surface area contributed by atoms with Crippen LogP contribution in [0.4, 0.5) is 10.5 Å². The number of anilines is 1. The van der Waals surface area contributed by atoms with E-state index in [2.05, 4.69) is 4.72 Å². The van der Waals surface area contributed by atoms with E-state index in [0.29, 0.717) is 25.4 Å². The minimum Gasteiger partial charge on any atom is -0.448 e. The van der Waals surface area contributed by atoms with Crippen molar-refractivity contribution in [2.45, 2.75) is 11.4 Å². The first-order valence-corrected chi connectivity index (χ1v) is 9.10. The molecule has 1 N–H and O–H groups in total. The van der Waals surface area contributed by atoms with Crippen LogP contribution in [-0.2, 0) is 21.3 Å². The number of amides is 1. The van der Waals surface area contributed by atoms with Crippen molar-refractivity contribution in [3.8, 4) is 0 Å². The Labute approximate surface area is 145 Å². The lowest BCUT2D eigenvalue weighted by molar-refractivity contribution is 0.157. The van der Waals surface area contributed by atoms with E-state index < -0.39 is 10.0 Å². The van der Waals surface area contributed by atoms with E-state index in [1.807, 2.05) is 6.07 Å². The standard InChI is InChI=1S/C16H15ClN2O4S/c17-14-6-1-2-7-15(14)24(21,22)18-13-5-3-4-12(10-13)11-19-8-9-23-16(19)20/h1-7,10,18H,8-9,11H2. The van der Waals surface area contributed by atoms with E-state index in [1.165, 1.54) is 12.1 Å². The molecule has 6 nitrogen and oxygen atoms in total. The second kappa shape index (κ2) is 6.70. The minimum atomic E-state index is -3.79. The van der Waals surface area contributed by atoms with Gasteiger partial charge < -0.3 is 9.64 Å². The van der Waals surface area contributed by atoms with Gasteiger partial charge in [-0.05, 0) is 29.8 Å². The molecule has 0 saturated carbocycles. The van der Waals surface area contributed by atoms with Crippen molar-refractivity contribution in [3.63, 3.8) is 0 Å². The number of nitrogens with zero attached hydrogens (tertiary/aromatic N) is 1. The maximum absolute atomic E-state index is 12.5. The molecule has 2 aromatic rings. The van der Waals surface area contributed by atoms with Gasteiger partial charge in [-0.25, -0.2) is 13.2 Å². The van der Waals surface area contributed by atoms with E-state index in [4.69, 9.17) is 16.3 Å². The quantitative estimate of drug-likeness (QED) is 0.882. The highest BCUT2D eigenvalue weighted by Crippen LogP contribution is 2.24. The fourth-order valence-electron chi connectivity index (χ4n) is 2.40. The minimum absolute atomic E-state index is 0.0141. The highest BCUT2D eigenvalue weighted by atomic mass is 35.5.